The first-order valence-corrected chi connectivity index (χ1v) is 6.76. The van der Waals surface area contributed by atoms with E-state index in [-0.39, 0.29) is 12.4 Å². The quantitative estimate of drug-likeness (QED) is 0.919. The molecule has 1 aromatic rings. The molecule has 3 nitrogen and oxygen atoms in total. The minimum atomic E-state index is 0. The van der Waals surface area contributed by atoms with Crippen molar-refractivity contribution in [3.05, 3.63) is 28.2 Å². The standard InChI is InChI=1S/C13H19BrN2O.ClH/c1-10-8-16(6-5-15-10)9-11-3-4-13(17-2)12(14)7-11;/h3-4,7,10,15H,5-6,8-9H2,1-2H3;1H/t10-;/m1./s1. The Morgan fingerprint density at radius 2 is 2.28 bits per heavy atom. The van der Waals surface area contributed by atoms with E-state index in [0.717, 1.165) is 36.4 Å². The molecular formula is C13H20BrClN2O. The summed E-state index contributed by atoms with van der Waals surface area (Å²) in [4.78, 5) is 2.48. The molecule has 2 rings (SSSR count). The van der Waals surface area contributed by atoms with Gasteiger partial charge in [-0.1, -0.05) is 6.07 Å². The van der Waals surface area contributed by atoms with Gasteiger partial charge in [0.15, 0.2) is 0 Å². The Morgan fingerprint density at radius 3 is 2.89 bits per heavy atom. The molecule has 1 fully saturated rings. The Hall–Kier alpha value is -0.290. The number of hydrogen-bond acceptors (Lipinski definition) is 3. The van der Waals surface area contributed by atoms with Crippen molar-refractivity contribution < 1.29 is 4.74 Å². The third-order valence-corrected chi connectivity index (χ3v) is 3.69. The third-order valence-electron chi connectivity index (χ3n) is 3.08. The molecule has 0 saturated carbocycles. The predicted octanol–water partition coefficient (Wildman–Crippen LogP) is 2.67. The number of benzene rings is 1. The molecule has 0 unspecified atom stereocenters. The molecule has 0 amide bonds. The highest BCUT2D eigenvalue weighted by Gasteiger charge is 2.15. The maximum atomic E-state index is 5.24. The molecule has 1 N–H and O–H groups in total. The van der Waals surface area contributed by atoms with E-state index in [1.165, 1.54) is 5.56 Å². The number of nitrogens with zero attached hydrogens (tertiary/aromatic N) is 1. The number of methoxy groups -OCH3 is 1. The van der Waals surface area contributed by atoms with Gasteiger partial charge >= 0.3 is 0 Å². The molecule has 0 aliphatic carbocycles. The van der Waals surface area contributed by atoms with Gasteiger partial charge in [-0.3, -0.25) is 4.90 Å². The number of halogens is 2. The van der Waals surface area contributed by atoms with Crippen molar-refractivity contribution in [2.75, 3.05) is 26.7 Å². The molecule has 1 aromatic carbocycles. The second kappa shape index (κ2) is 7.34. The van der Waals surface area contributed by atoms with Gasteiger partial charge in [0.2, 0.25) is 0 Å². The summed E-state index contributed by atoms with van der Waals surface area (Å²) in [7, 11) is 1.69. The van der Waals surface area contributed by atoms with Crippen molar-refractivity contribution in [1.29, 1.82) is 0 Å². The van der Waals surface area contributed by atoms with Gasteiger partial charge in [0, 0.05) is 32.2 Å². The zero-order valence-corrected chi connectivity index (χ0v) is 13.2. The molecule has 0 aromatic heterocycles. The Kier molecular flexibility index (Phi) is 6.43. The molecule has 0 radical (unpaired) electrons. The van der Waals surface area contributed by atoms with Gasteiger partial charge < -0.3 is 10.1 Å². The van der Waals surface area contributed by atoms with E-state index in [4.69, 9.17) is 4.74 Å². The highest BCUT2D eigenvalue weighted by molar-refractivity contribution is 9.10. The van der Waals surface area contributed by atoms with Crippen molar-refractivity contribution in [2.45, 2.75) is 19.5 Å². The van der Waals surface area contributed by atoms with Crippen LogP contribution in [0, 0.1) is 0 Å². The number of rotatable bonds is 3. The van der Waals surface area contributed by atoms with Gasteiger partial charge in [0.25, 0.3) is 0 Å². The van der Waals surface area contributed by atoms with Crippen molar-refractivity contribution in [3.8, 4) is 5.75 Å². The van der Waals surface area contributed by atoms with Crippen LogP contribution in [0.4, 0.5) is 0 Å². The summed E-state index contributed by atoms with van der Waals surface area (Å²) in [6.45, 7) is 6.56. The van der Waals surface area contributed by atoms with Gasteiger partial charge in [0.05, 0.1) is 11.6 Å². The van der Waals surface area contributed by atoms with Crippen LogP contribution in [-0.4, -0.2) is 37.7 Å². The molecule has 0 spiro atoms. The minimum Gasteiger partial charge on any atom is -0.496 e. The Balaban J connectivity index is 0.00000162. The van der Waals surface area contributed by atoms with Crippen LogP contribution in [-0.2, 0) is 6.54 Å². The lowest BCUT2D eigenvalue weighted by Gasteiger charge is -2.31. The molecule has 1 aliphatic heterocycles. The fourth-order valence-corrected chi connectivity index (χ4v) is 2.81. The molecule has 5 heteroatoms. The number of nitrogens with one attached hydrogen (secondary N) is 1. The normalized spacial score (nSPS) is 20.3. The van der Waals surface area contributed by atoms with Crippen LogP contribution in [0.5, 0.6) is 5.75 Å². The fourth-order valence-electron chi connectivity index (χ4n) is 2.22. The molecule has 1 saturated heterocycles. The maximum Gasteiger partial charge on any atom is 0.133 e. The highest BCUT2D eigenvalue weighted by atomic mass is 79.9. The smallest absolute Gasteiger partial charge is 0.133 e. The first-order valence-electron chi connectivity index (χ1n) is 5.97. The Morgan fingerprint density at radius 1 is 1.50 bits per heavy atom. The van der Waals surface area contributed by atoms with Crippen LogP contribution in [0.15, 0.2) is 22.7 Å². The minimum absolute atomic E-state index is 0. The maximum absolute atomic E-state index is 5.24. The van der Waals surface area contributed by atoms with Crippen LogP contribution in [0.1, 0.15) is 12.5 Å². The Labute approximate surface area is 123 Å². The average molecular weight is 336 g/mol. The van der Waals surface area contributed by atoms with E-state index in [0.29, 0.717) is 6.04 Å². The van der Waals surface area contributed by atoms with Crippen molar-refractivity contribution in [2.24, 2.45) is 0 Å². The van der Waals surface area contributed by atoms with Crippen LogP contribution < -0.4 is 10.1 Å². The summed E-state index contributed by atoms with van der Waals surface area (Å²) < 4.78 is 6.26. The average Bonchev–Trinajstić information content (AvgIpc) is 2.29. The van der Waals surface area contributed by atoms with Crippen molar-refractivity contribution >= 4 is 28.3 Å². The second-order valence-electron chi connectivity index (χ2n) is 4.56. The highest BCUT2D eigenvalue weighted by Crippen LogP contribution is 2.26. The summed E-state index contributed by atoms with van der Waals surface area (Å²) in [5, 5.41) is 3.46. The van der Waals surface area contributed by atoms with Crippen LogP contribution >= 0.6 is 28.3 Å². The van der Waals surface area contributed by atoms with E-state index >= 15 is 0 Å². The largest absolute Gasteiger partial charge is 0.496 e. The summed E-state index contributed by atoms with van der Waals surface area (Å²) in [5.41, 5.74) is 1.33. The summed E-state index contributed by atoms with van der Waals surface area (Å²) in [6, 6.07) is 6.89. The van der Waals surface area contributed by atoms with E-state index in [9.17, 15) is 0 Å². The zero-order chi connectivity index (χ0) is 12.3. The van der Waals surface area contributed by atoms with E-state index in [1.807, 2.05) is 6.07 Å². The van der Waals surface area contributed by atoms with Gasteiger partial charge in [0.1, 0.15) is 5.75 Å². The number of piperazine rings is 1. The van der Waals surface area contributed by atoms with Crippen LogP contribution in [0.25, 0.3) is 0 Å². The summed E-state index contributed by atoms with van der Waals surface area (Å²) in [5.74, 6) is 0.891. The Bertz CT molecular complexity index is 389. The molecule has 0 bridgehead atoms. The number of ether oxygens (including phenoxy) is 1. The first-order chi connectivity index (χ1) is 8.19. The fraction of sp³-hybridized carbons (Fsp3) is 0.538. The van der Waals surface area contributed by atoms with Gasteiger partial charge in [-0.15, -0.1) is 12.4 Å². The van der Waals surface area contributed by atoms with Gasteiger partial charge in [-0.05, 0) is 40.5 Å². The van der Waals surface area contributed by atoms with Crippen molar-refractivity contribution in [3.63, 3.8) is 0 Å². The van der Waals surface area contributed by atoms with E-state index < -0.39 is 0 Å². The topological polar surface area (TPSA) is 24.5 Å². The first kappa shape index (κ1) is 15.8. The molecule has 1 atom stereocenters. The SMILES string of the molecule is COc1ccc(CN2CCN[C@H](C)C2)cc1Br.Cl. The monoisotopic (exact) mass is 334 g/mol. The molecular weight excluding hydrogens is 316 g/mol. The lowest BCUT2D eigenvalue weighted by Crippen LogP contribution is -2.48. The van der Waals surface area contributed by atoms with Crippen LogP contribution in [0.2, 0.25) is 0 Å². The lowest BCUT2D eigenvalue weighted by molar-refractivity contribution is 0.199. The number of hydrogen-bond donors (Lipinski definition) is 1. The van der Waals surface area contributed by atoms with Crippen LogP contribution in [0.3, 0.4) is 0 Å². The molecule has 18 heavy (non-hydrogen) atoms. The van der Waals surface area contributed by atoms with Gasteiger partial charge in [-0.2, -0.15) is 0 Å². The van der Waals surface area contributed by atoms with E-state index in [2.05, 4.69) is 45.2 Å². The third kappa shape index (κ3) is 4.12. The second-order valence-corrected chi connectivity index (χ2v) is 5.41. The molecule has 1 heterocycles. The molecule has 1 aliphatic rings. The van der Waals surface area contributed by atoms with Gasteiger partial charge in [-0.25, -0.2) is 0 Å². The summed E-state index contributed by atoms with van der Waals surface area (Å²) >= 11 is 3.53. The lowest BCUT2D eigenvalue weighted by atomic mass is 10.1. The summed E-state index contributed by atoms with van der Waals surface area (Å²) in [6.07, 6.45) is 0. The zero-order valence-electron chi connectivity index (χ0n) is 10.8. The predicted molar refractivity (Wildman–Crippen MR) is 80.7 cm³/mol. The van der Waals surface area contributed by atoms with Crippen molar-refractivity contribution in [1.82, 2.24) is 10.2 Å². The van der Waals surface area contributed by atoms with E-state index in [1.54, 1.807) is 7.11 Å². The molecule has 102 valence electrons.